The van der Waals surface area contributed by atoms with Crippen LogP contribution in [0.1, 0.15) is 50.9 Å². The summed E-state index contributed by atoms with van der Waals surface area (Å²) in [5.74, 6) is 1.95. The van der Waals surface area contributed by atoms with Gasteiger partial charge in [-0.3, -0.25) is 4.79 Å². The lowest BCUT2D eigenvalue weighted by molar-refractivity contribution is 0.0956. The minimum Gasteiger partial charge on any atom is -0.493 e. The Morgan fingerprint density at radius 2 is 1.89 bits per heavy atom. The number of Topliss-reactive ketones (excluding diaryl/α,β-unsaturated/α-hetero) is 1. The lowest BCUT2D eigenvalue weighted by atomic mass is 9.92. The van der Waals surface area contributed by atoms with Crippen LogP contribution in [0.2, 0.25) is 0 Å². The molecule has 0 fully saturated rings. The number of carbonyl (C=O) groups is 1. The Labute approximate surface area is 110 Å². The second-order valence-corrected chi connectivity index (χ2v) is 5.29. The van der Waals surface area contributed by atoms with Gasteiger partial charge in [-0.1, -0.05) is 32.9 Å². The molecule has 100 valence electrons. The molecule has 1 unspecified atom stereocenters. The van der Waals surface area contributed by atoms with Crippen molar-refractivity contribution in [2.45, 2.75) is 40.5 Å². The van der Waals surface area contributed by atoms with Crippen molar-refractivity contribution in [3.63, 3.8) is 0 Å². The van der Waals surface area contributed by atoms with E-state index in [1.807, 2.05) is 31.2 Å². The molecule has 2 nitrogen and oxygen atoms in total. The van der Waals surface area contributed by atoms with Gasteiger partial charge in [0.15, 0.2) is 5.78 Å². The van der Waals surface area contributed by atoms with E-state index >= 15 is 0 Å². The van der Waals surface area contributed by atoms with Crippen LogP contribution in [-0.2, 0) is 0 Å². The van der Waals surface area contributed by atoms with Gasteiger partial charge < -0.3 is 4.74 Å². The molecule has 1 aromatic rings. The fraction of sp³-hybridized carbons (Fsp3) is 0.562. The normalized spacial score (nSPS) is 12.5. The number of hydrogen-bond donors (Lipinski definition) is 0. The van der Waals surface area contributed by atoms with Gasteiger partial charge in [-0.15, -0.1) is 0 Å². The highest BCUT2D eigenvalue weighted by atomic mass is 16.5. The van der Waals surface area contributed by atoms with Gasteiger partial charge in [0.2, 0.25) is 0 Å². The van der Waals surface area contributed by atoms with Crippen LogP contribution in [0.5, 0.6) is 5.75 Å². The van der Waals surface area contributed by atoms with E-state index in [1.54, 1.807) is 0 Å². The smallest absolute Gasteiger partial charge is 0.166 e. The van der Waals surface area contributed by atoms with E-state index in [0.29, 0.717) is 30.6 Å². The van der Waals surface area contributed by atoms with E-state index in [9.17, 15) is 4.79 Å². The van der Waals surface area contributed by atoms with E-state index in [2.05, 4.69) is 20.8 Å². The molecule has 0 radical (unpaired) electrons. The van der Waals surface area contributed by atoms with Crippen molar-refractivity contribution < 1.29 is 9.53 Å². The number of carbonyl (C=O) groups excluding carboxylic acids is 1. The third kappa shape index (κ3) is 4.52. The van der Waals surface area contributed by atoms with Crippen molar-refractivity contribution >= 4 is 5.78 Å². The second kappa shape index (κ2) is 7.20. The molecule has 0 spiro atoms. The molecule has 0 saturated carbocycles. The lowest BCUT2D eigenvalue weighted by Gasteiger charge is -2.14. The summed E-state index contributed by atoms with van der Waals surface area (Å²) in [4.78, 5) is 12.3. The Bertz CT molecular complexity index is 382. The van der Waals surface area contributed by atoms with E-state index in [1.165, 1.54) is 0 Å². The summed E-state index contributed by atoms with van der Waals surface area (Å²) in [6, 6.07) is 7.52. The molecule has 1 aromatic carbocycles. The molecule has 1 atom stereocenters. The summed E-state index contributed by atoms with van der Waals surface area (Å²) in [6.45, 7) is 9.04. The molecule has 0 saturated heterocycles. The minimum atomic E-state index is 0.187. The van der Waals surface area contributed by atoms with Crippen LogP contribution in [0.4, 0.5) is 0 Å². The average Bonchev–Trinajstić information content (AvgIpc) is 2.28. The van der Waals surface area contributed by atoms with E-state index in [0.717, 1.165) is 12.0 Å². The number of ether oxygens (including phenoxy) is 1. The molecule has 0 aliphatic carbocycles. The fourth-order valence-corrected chi connectivity index (χ4v) is 2.29. The number of rotatable bonds is 7. The van der Waals surface area contributed by atoms with Crippen molar-refractivity contribution in [1.29, 1.82) is 0 Å². The first-order valence-corrected chi connectivity index (χ1v) is 6.79. The number of ketones is 1. The van der Waals surface area contributed by atoms with Crippen LogP contribution in [0.3, 0.4) is 0 Å². The van der Waals surface area contributed by atoms with E-state index in [4.69, 9.17) is 4.74 Å². The molecule has 18 heavy (non-hydrogen) atoms. The summed E-state index contributed by atoms with van der Waals surface area (Å²) in [7, 11) is 0. The third-order valence-electron chi connectivity index (χ3n) is 2.89. The lowest BCUT2D eigenvalue weighted by Crippen LogP contribution is -2.10. The Balaban J connectivity index is 2.71. The first kappa shape index (κ1) is 14.7. The minimum absolute atomic E-state index is 0.187. The summed E-state index contributed by atoms with van der Waals surface area (Å²) in [6.07, 6.45) is 1.69. The van der Waals surface area contributed by atoms with Crippen molar-refractivity contribution in [2.24, 2.45) is 11.8 Å². The standard InChI is InChI=1S/C16H24O2/c1-5-18-16-9-7-6-8-14(16)15(17)11-13(4)10-12(2)3/h6-9,12-13H,5,10-11H2,1-4H3. The SMILES string of the molecule is CCOc1ccccc1C(=O)CC(C)CC(C)C. The summed E-state index contributed by atoms with van der Waals surface area (Å²) in [5.41, 5.74) is 0.718. The van der Waals surface area contributed by atoms with Gasteiger partial charge in [-0.2, -0.15) is 0 Å². The third-order valence-corrected chi connectivity index (χ3v) is 2.89. The van der Waals surface area contributed by atoms with Crippen molar-refractivity contribution in [1.82, 2.24) is 0 Å². The Kier molecular flexibility index (Phi) is 5.90. The van der Waals surface area contributed by atoms with Crippen LogP contribution >= 0.6 is 0 Å². The Hall–Kier alpha value is -1.31. The van der Waals surface area contributed by atoms with Crippen LogP contribution < -0.4 is 4.74 Å². The van der Waals surface area contributed by atoms with Crippen molar-refractivity contribution in [3.8, 4) is 5.75 Å². The van der Waals surface area contributed by atoms with Gasteiger partial charge in [-0.05, 0) is 37.3 Å². The Morgan fingerprint density at radius 1 is 1.22 bits per heavy atom. The predicted octanol–water partition coefficient (Wildman–Crippen LogP) is 4.34. The zero-order valence-electron chi connectivity index (χ0n) is 11.9. The summed E-state index contributed by atoms with van der Waals surface area (Å²) in [5, 5.41) is 0. The monoisotopic (exact) mass is 248 g/mol. The highest BCUT2D eigenvalue weighted by Crippen LogP contribution is 2.23. The van der Waals surface area contributed by atoms with Gasteiger partial charge >= 0.3 is 0 Å². The molecule has 0 bridgehead atoms. The Morgan fingerprint density at radius 3 is 2.50 bits per heavy atom. The quantitative estimate of drug-likeness (QED) is 0.671. The highest BCUT2D eigenvalue weighted by molar-refractivity contribution is 5.98. The highest BCUT2D eigenvalue weighted by Gasteiger charge is 2.15. The van der Waals surface area contributed by atoms with Gasteiger partial charge in [0.1, 0.15) is 5.75 Å². The van der Waals surface area contributed by atoms with Gasteiger partial charge in [0.25, 0.3) is 0 Å². The first-order chi connectivity index (χ1) is 8.54. The molecule has 0 amide bonds. The fourth-order valence-electron chi connectivity index (χ4n) is 2.29. The molecule has 0 aliphatic heterocycles. The van der Waals surface area contributed by atoms with Crippen LogP contribution in [0, 0.1) is 11.8 Å². The molecule has 0 N–H and O–H groups in total. The summed E-state index contributed by atoms with van der Waals surface area (Å²) >= 11 is 0. The molecule has 0 aromatic heterocycles. The number of benzene rings is 1. The molecule has 0 aliphatic rings. The topological polar surface area (TPSA) is 26.3 Å². The molecular weight excluding hydrogens is 224 g/mol. The maximum Gasteiger partial charge on any atom is 0.166 e. The average molecular weight is 248 g/mol. The maximum atomic E-state index is 12.3. The largest absolute Gasteiger partial charge is 0.493 e. The maximum absolute atomic E-state index is 12.3. The van der Waals surface area contributed by atoms with E-state index in [-0.39, 0.29) is 5.78 Å². The van der Waals surface area contributed by atoms with Crippen LogP contribution in [-0.4, -0.2) is 12.4 Å². The zero-order chi connectivity index (χ0) is 13.5. The molecule has 0 heterocycles. The van der Waals surface area contributed by atoms with Gasteiger partial charge in [0.05, 0.1) is 12.2 Å². The van der Waals surface area contributed by atoms with Gasteiger partial charge in [0, 0.05) is 6.42 Å². The van der Waals surface area contributed by atoms with Crippen molar-refractivity contribution in [2.75, 3.05) is 6.61 Å². The van der Waals surface area contributed by atoms with Crippen LogP contribution in [0.15, 0.2) is 24.3 Å². The number of para-hydroxylation sites is 1. The summed E-state index contributed by atoms with van der Waals surface area (Å²) < 4.78 is 5.50. The molecule has 1 rings (SSSR count). The van der Waals surface area contributed by atoms with Crippen LogP contribution in [0.25, 0.3) is 0 Å². The second-order valence-electron chi connectivity index (χ2n) is 5.29. The van der Waals surface area contributed by atoms with E-state index < -0.39 is 0 Å². The number of hydrogen-bond acceptors (Lipinski definition) is 2. The van der Waals surface area contributed by atoms with Crippen molar-refractivity contribution in [3.05, 3.63) is 29.8 Å². The zero-order valence-corrected chi connectivity index (χ0v) is 11.9. The first-order valence-electron chi connectivity index (χ1n) is 6.79. The molecular formula is C16H24O2. The van der Waals surface area contributed by atoms with Gasteiger partial charge in [-0.25, -0.2) is 0 Å². The predicted molar refractivity (Wildman–Crippen MR) is 75.2 cm³/mol. The molecule has 2 heteroatoms.